The molecule has 0 fully saturated rings. The second-order valence-corrected chi connectivity index (χ2v) is 9.58. The number of aromatic nitrogens is 3. The number of carbonyl (C=O) groups excluding carboxylic acids is 2. The van der Waals surface area contributed by atoms with Crippen LogP contribution in [0.5, 0.6) is 0 Å². The Bertz CT molecular complexity index is 1110. The van der Waals surface area contributed by atoms with Crippen molar-refractivity contribution in [1.29, 1.82) is 0 Å². The Balaban J connectivity index is 1.68. The lowest BCUT2D eigenvalue weighted by Gasteiger charge is -2.22. The van der Waals surface area contributed by atoms with E-state index in [-0.39, 0.29) is 35.6 Å². The number of nitrogens with one attached hydrogen (secondary N) is 2. The van der Waals surface area contributed by atoms with Crippen molar-refractivity contribution in [2.45, 2.75) is 58.4 Å². The van der Waals surface area contributed by atoms with E-state index in [4.69, 9.17) is 0 Å². The summed E-state index contributed by atoms with van der Waals surface area (Å²) in [6, 6.07) is 17.0. The van der Waals surface area contributed by atoms with Gasteiger partial charge in [0.1, 0.15) is 0 Å². The van der Waals surface area contributed by atoms with Crippen molar-refractivity contribution in [2.75, 3.05) is 5.75 Å². The molecule has 0 bridgehead atoms. The van der Waals surface area contributed by atoms with Gasteiger partial charge in [0.05, 0.1) is 17.8 Å². The molecule has 180 valence electrons. The molecule has 8 heteroatoms. The Morgan fingerprint density at radius 2 is 1.74 bits per heavy atom. The van der Waals surface area contributed by atoms with Gasteiger partial charge in [-0.1, -0.05) is 73.6 Å². The Hall–Kier alpha value is -3.13. The largest absolute Gasteiger partial charge is 0.349 e. The monoisotopic (exact) mass is 479 g/mol. The first-order valence-corrected chi connectivity index (χ1v) is 12.6. The van der Waals surface area contributed by atoms with Gasteiger partial charge in [-0.2, -0.15) is 0 Å². The van der Waals surface area contributed by atoms with E-state index in [2.05, 4.69) is 20.8 Å². The zero-order valence-corrected chi connectivity index (χ0v) is 21.2. The fourth-order valence-corrected chi connectivity index (χ4v) is 4.53. The van der Waals surface area contributed by atoms with Crippen LogP contribution in [0.3, 0.4) is 0 Å². The standard InChI is InChI=1S/C26H33N5O2S/c1-6-31-24(23(17(2)3)28-25(33)21-14-10-11-18(4)15-21)29-30-26(31)34-16-22(32)27-19(5)20-12-8-7-9-13-20/h7-15,17,19,23H,6,16H2,1-5H3,(H,27,32)(H,28,33)/t19-,23-/m0/s1. The third-order valence-electron chi connectivity index (χ3n) is 5.58. The van der Waals surface area contributed by atoms with Gasteiger partial charge in [0.25, 0.3) is 5.91 Å². The fraction of sp³-hybridized carbons (Fsp3) is 0.385. The highest BCUT2D eigenvalue weighted by Gasteiger charge is 2.26. The van der Waals surface area contributed by atoms with Gasteiger partial charge in [-0.05, 0) is 44.4 Å². The normalized spacial score (nSPS) is 12.9. The van der Waals surface area contributed by atoms with E-state index < -0.39 is 0 Å². The number of aryl methyl sites for hydroxylation is 1. The molecule has 0 aliphatic carbocycles. The average molecular weight is 480 g/mol. The molecule has 0 spiro atoms. The molecule has 2 aromatic carbocycles. The SMILES string of the molecule is CCn1c(SCC(=O)N[C@@H](C)c2ccccc2)nnc1[C@@H](NC(=O)c1cccc(C)c1)C(C)C. The van der Waals surface area contributed by atoms with Crippen LogP contribution in [0, 0.1) is 12.8 Å². The van der Waals surface area contributed by atoms with E-state index in [9.17, 15) is 9.59 Å². The number of amides is 2. The van der Waals surface area contributed by atoms with Gasteiger partial charge >= 0.3 is 0 Å². The van der Waals surface area contributed by atoms with E-state index in [1.165, 1.54) is 11.8 Å². The Morgan fingerprint density at radius 1 is 1.00 bits per heavy atom. The molecule has 0 aliphatic rings. The lowest BCUT2D eigenvalue weighted by Crippen LogP contribution is -2.34. The molecule has 2 amide bonds. The molecule has 7 nitrogen and oxygen atoms in total. The molecule has 1 heterocycles. The first kappa shape index (κ1) is 25.5. The highest BCUT2D eigenvalue weighted by Crippen LogP contribution is 2.26. The number of hydrogen-bond acceptors (Lipinski definition) is 5. The smallest absolute Gasteiger partial charge is 0.251 e. The second kappa shape index (κ2) is 11.8. The molecule has 0 saturated heterocycles. The van der Waals surface area contributed by atoms with Crippen molar-refractivity contribution in [3.8, 4) is 0 Å². The summed E-state index contributed by atoms with van der Waals surface area (Å²) in [6.45, 7) is 10.7. The van der Waals surface area contributed by atoms with Gasteiger partial charge in [-0.25, -0.2) is 0 Å². The number of thioether (sulfide) groups is 1. The molecular weight excluding hydrogens is 446 g/mol. The first-order valence-electron chi connectivity index (χ1n) is 11.6. The van der Waals surface area contributed by atoms with E-state index in [1.807, 2.05) is 87.7 Å². The molecule has 3 rings (SSSR count). The topological polar surface area (TPSA) is 88.9 Å². The van der Waals surface area contributed by atoms with E-state index in [1.54, 1.807) is 6.07 Å². The van der Waals surface area contributed by atoms with Crippen LogP contribution < -0.4 is 10.6 Å². The molecule has 0 aliphatic heterocycles. The maximum atomic E-state index is 12.9. The average Bonchev–Trinajstić information content (AvgIpc) is 3.23. The zero-order valence-electron chi connectivity index (χ0n) is 20.4. The van der Waals surface area contributed by atoms with Crippen molar-refractivity contribution >= 4 is 23.6 Å². The maximum Gasteiger partial charge on any atom is 0.251 e. The quantitative estimate of drug-likeness (QED) is 0.411. The Labute approximate surface area is 205 Å². The minimum absolute atomic E-state index is 0.0679. The molecular formula is C26H33N5O2S. The highest BCUT2D eigenvalue weighted by atomic mass is 32.2. The summed E-state index contributed by atoms with van der Waals surface area (Å²) in [6.07, 6.45) is 0. The molecule has 0 saturated carbocycles. The number of benzene rings is 2. The van der Waals surface area contributed by atoms with Crippen molar-refractivity contribution in [1.82, 2.24) is 25.4 Å². The molecule has 0 radical (unpaired) electrons. The van der Waals surface area contributed by atoms with Crippen LogP contribution in [-0.4, -0.2) is 32.3 Å². The number of hydrogen-bond donors (Lipinski definition) is 2. The van der Waals surface area contributed by atoms with Crippen molar-refractivity contribution in [3.05, 3.63) is 77.1 Å². The lowest BCUT2D eigenvalue weighted by molar-refractivity contribution is -0.119. The van der Waals surface area contributed by atoms with E-state index in [0.29, 0.717) is 23.1 Å². The summed E-state index contributed by atoms with van der Waals surface area (Å²) in [5.41, 5.74) is 2.71. The summed E-state index contributed by atoms with van der Waals surface area (Å²) in [5.74, 6) is 0.825. The number of rotatable bonds is 10. The van der Waals surface area contributed by atoms with Gasteiger partial charge in [0.15, 0.2) is 11.0 Å². The van der Waals surface area contributed by atoms with Crippen molar-refractivity contribution in [2.24, 2.45) is 5.92 Å². The van der Waals surface area contributed by atoms with Gasteiger partial charge in [-0.3, -0.25) is 9.59 Å². The minimum atomic E-state index is -0.304. The Morgan fingerprint density at radius 3 is 2.38 bits per heavy atom. The minimum Gasteiger partial charge on any atom is -0.349 e. The molecule has 1 aromatic heterocycles. The third-order valence-corrected chi connectivity index (χ3v) is 6.55. The van der Waals surface area contributed by atoms with E-state index in [0.717, 1.165) is 11.1 Å². The van der Waals surface area contributed by atoms with Gasteiger partial charge in [-0.15, -0.1) is 10.2 Å². The van der Waals surface area contributed by atoms with Crippen molar-refractivity contribution < 1.29 is 9.59 Å². The fourth-order valence-electron chi connectivity index (χ4n) is 3.71. The summed E-state index contributed by atoms with van der Waals surface area (Å²) < 4.78 is 1.97. The predicted octanol–water partition coefficient (Wildman–Crippen LogP) is 4.70. The molecule has 2 atom stereocenters. The van der Waals surface area contributed by atoms with Crippen LogP contribution in [0.25, 0.3) is 0 Å². The van der Waals surface area contributed by atoms with Crippen LogP contribution >= 0.6 is 11.8 Å². The third kappa shape index (κ3) is 6.47. The molecule has 34 heavy (non-hydrogen) atoms. The molecule has 2 N–H and O–H groups in total. The van der Waals surface area contributed by atoms with Crippen LogP contribution in [0.15, 0.2) is 59.8 Å². The summed E-state index contributed by atoms with van der Waals surface area (Å²) in [5, 5.41) is 15.6. The van der Waals surface area contributed by atoms with E-state index >= 15 is 0 Å². The van der Waals surface area contributed by atoms with Crippen LogP contribution in [0.4, 0.5) is 0 Å². The summed E-state index contributed by atoms with van der Waals surface area (Å²) in [7, 11) is 0. The second-order valence-electron chi connectivity index (χ2n) is 8.64. The molecule has 0 unspecified atom stereocenters. The molecule has 3 aromatic rings. The summed E-state index contributed by atoms with van der Waals surface area (Å²) >= 11 is 1.35. The number of nitrogens with zero attached hydrogens (tertiary/aromatic N) is 3. The van der Waals surface area contributed by atoms with Gasteiger partial charge < -0.3 is 15.2 Å². The van der Waals surface area contributed by atoms with Crippen LogP contribution in [0.1, 0.15) is 67.1 Å². The zero-order chi connectivity index (χ0) is 24.7. The predicted molar refractivity (Wildman–Crippen MR) is 136 cm³/mol. The number of carbonyl (C=O) groups is 2. The van der Waals surface area contributed by atoms with Gasteiger partial charge in [0.2, 0.25) is 5.91 Å². The van der Waals surface area contributed by atoms with Crippen LogP contribution in [-0.2, 0) is 11.3 Å². The van der Waals surface area contributed by atoms with Gasteiger partial charge in [0, 0.05) is 12.1 Å². The highest BCUT2D eigenvalue weighted by molar-refractivity contribution is 7.99. The lowest BCUT2D eigenvalue weighted by atomic mass is 10.0. The maximum absolute atomic E-state index is 12.9. The Kier molecular flexibility index (Phi) is 8.87. The van der Waals surface area contributed by atoms with Crippen molar-refractivity contribution in [3.63, 3.8) is 0 Å². The summed E-state index contributed by atoms with van der Waals surface area (Å²) in [4.78, 5) is 25.4. The first-order chi connectivity index (χ1) is 16.3. The van der Waals surface area contributed by atoms with Crippen LogP contribution in [0.2, 0.25) is 0 Å².